The third-order valence-corrected chi connectivity index (χ3v) is 1.37. The SMILES string of the molecule is CCc1nc(C#N)c(C)[nH]1. The Labute approximate surface area is 59.7 Å². The quantitative estimate of drug-likeness (QED) is 0.628. The van der Waals surface area contributed by atoms with Crippen molar-refractivity contribution in [2.75, 3.05) is 0 Å². The molecular weight excluding hydrogens is 126 g/mol. The number of rotatable bonds is 1. The highest BCUT2D eigenvalue weighted by Crippen LogP contribution is 2.02. The van der Waals surface area contributed by atoms with Crippen LogP contribution < -0.4 is 0 Å². The summed E-state index contributed by atoms with van der Waals surface area (Å²) in [6.45, 7) is 3.85. The number of nitrogens with one attached hydrogen (secondary N) is 1. The first-order chi connectivity index (χ1) is 4.77. The second kappa shape index (κ2) is 2.53. The topological polar surface area (TPSA) is 52.5 Å². The molecule has 0 radical (unpaired) electrons. The van der Waals surface area contributed by atoms with Crippen molar-refractivity contribution in [3.05, 3.63) is 17.2 Å². The monoisotopic (exact) mass is 135 g/mol. The van der Waals surface area contributed by atoms with Gasteiger partial charge in [0.15, 0.2) is 5.69 Å². The minimum absolute atomic E-state index is 0.511. The summed E-state index contributed by atoms with van der Waals surface area (Å²) >= 11 is 0. The largest absolute Gasteiger partial charge is 0.345 e. The summed E-state index contributed by atoms with van der Waals surface area (Å²) < 4.78 is 0. The summed E-state index contributed by atoms with van der Waals surface area (Å²) in [4.78, 5) is 7.04. The molecule has 1 aromatic heterocycles. The van der Waals surface area contributed by atoms with Crippen LogP contribution in [0.25, 0.3) is 0 Å². The molecule has 3 nitrogen and oxygen atoms in total. The molecule has 0 unspecified atom stereocenters. The van der Waals surface area contributed by atoms with E-state index in [1.54, 1.807) is 0 Å². The van der Waals surface area contributed by atoms with E-state index in [0.717, 1.165) is 17.9 Å². The second-order valence-electron chi connectivity index (χ2n) is 2.12. The van der Waals surface area contributed by atoms with Crippen molar-refractivity contribution in [2.24, 2.45) is 0 Å². The molecule has 0 saturated heterocycles. The Morgan fingerprint density at radius 2 is 2.40 bits per heavy atom. The van der Waals surface area contributed by atoms with Gasteiger partial charge in [-0.2, -0.15) is 5.26 Å². The number of imidazole rings is 1. The predicted molar refractivity (Wildman–Crippen MR) is 37.4 cm³/mol. The van der Waals surface area contributed by atoms with Crippen molar-refractivity contribution >= 4 is 0 Å². The number of nitriles is 1. The van der Waals surface area contributed by atoms with Crippen molar-refractivity contribution in [1.29, 1.82) is 5.26 Å². The van der Waals surface area contributed by atoms with Crippen LogP contribution in [0, 0.1) is 18.3 Å². The van der Waals surface area contributed by atoms with E-state index < -0.39 is 0 Å². The van der Waals surface area contributed by atoms with Gasteiger partial charge < -0.3 is 4.98 Å². The first-order valence-electron chi connectivity index (χ1n) is 3.23. The lowest BCUT2D eigenvalue weighted by Crippen LogP contribution is -1.80. The molecule has 1 N–H and O–H groups in total. The molecule has 0 fully saturated rings. The van der Waals surface area contributed by atoms with Crippen LogP contribution in [-0.4, -0.2) is 9.97 Å². The molecule has 0 amide bonds. The molecule has 3 heteroatoms. The highest BCUT2D eigenvalue weighted by molar-refractivity contribution is 5.26. The van der Waals surface area contributed by atoms with Gasteiger partial charge in [0.25, 0.3) is 0 Å². The number of H-pyrrole nitrogens is 1. The smallest absolute Gasteiger partial charge is 0.161 e. The standard InChI is InChI=1S/C7H9N3/c1-3-7-9-5(2)6(4-8)10-7/h3H2,1-2H3,(H,9,10). The number of aromatic amines is 1. The molecule has 0 atom stereocenters. The van der Waals surface area contributed by atoms with Crippen LogP contribution >= 0.6 is 0 Å². The van der Waals surface area contributed by atoms with Crippen molar-refractivity contribution in [1.82, 2.24) is 9.97 Å². The Morgan fingerprint density at radius 3 is 2.70 bits per heavy atom. The lowest BCUT2D eigenvalue weighted by atomic mass is 10.4. The Bertz CT molecular complexity index is 267. The van der Waals surface area contributed by atoms with E-state index in [0.29, 0.717) is 5.69 Å². The van der Waals surface area contributed by atoms with Crippen LogP contribution in [0.1, 0.15) is 24.1 Å². The van der Waals surface area contributed by atoms with Crippen LogP contribution in [0.3, 0.4) is 0 Å². The molecule has 52 valence electrons. The average Bonchev–Trinajstić information content (AvgIpc) is 2.30. The summed E-state index contributed by atoms with van der Waals surface area (Å²) in [6, 6.07) is 2.01. The van der Waals surface area contributed by atoms with Crippen molar-refractivity contribution in [2.45, 2.75) is 20.3 Å². The lowest BCUT2D eigenvalue weighted by molar-refractivity contribution is 0.980. The minimum Gasteiger partial charge on any atom is -0.345 e. The zero-order valence-electron chi connectivity index (χ0n) is 6.10. The van der Waals surface area contributed by atoms with Crippen molar-refractivity contribution in [3.8, 4) is 6.07 Å². The molecular formula is C7H9N3. The number of nitrogens with zero attached hydrogens (tertiary/aromatic N) is 2. The molecule has 1 rings (SSSR count). The van der Waals surface area contributed by atoms with Gasteiger partial charge in [-0.1, -0.05) is 6.92 Å². The lowest BCUT2D eigenvalue weighted by Gasteiger charge is -1.81. The minimum atomic E-state index is 0.511. The first kappa shape index (κ1) is 6.81. The van der Waals surface area contributed by atoms with Crippen LogP contribution in [0.4, 0.5) is 0 Å². The van der Waals surface area contributed by atoms with Crippen LogP contribution in [0.15, 0.2) is 0 Å². The van der Waals surface area contributed by atoms with E-state index in [1.807, 2.05) is 19.9 Å². The third kappa shape index (κ3) is 1.01. The maximum atomic E-state index is 8.49. The van der Waals surface area contributed by atoms with Crippen LogP contribution in [0.2, 0.25) is 0 Å². The normalized spacial score (nSPS) is 9.30. The summed E-state index contributed by atoms with van der Waals surface area (Å²) in [5.74, 6) is 0.883. The molecule has 1 aromatic rings. The Morgan fingerprint density at radius 1 is 1.70 bits per heavy atom. The van der Waals surface area contributed by atoms with E-state index >= 15 is 0 Å². The van der Waals surface area contributed by atoms with Gasteiger partial charge in [0.1, 0.15) is 11.9 Å². The second-order valence-corrected chi connectivity index (χ2v) is 2.12. The number of hydrogen-bond acceptors (Lipinski definition) is 2. The van der Waals surface area contributed by atoms with E-state index in [9.17, 15) is 0 Å². The van der Waals surface area contributed by atoms with Gasteiger partial charge in [0, 0.05) is 12.1 Å². The molecule has 0 bridgehead atoms. The zero-order chi connectivity index (χ0) is 7.56. The molecule has 0 aliphatic heterocycles. The summed E-state index contributed by atoms with van der Waals surface area (Å²) in [5.41, 5.74) is 1.37. The zero-order valence-corrected chi connectivity index (χ0v) is 6.10. The maximum Gasteiger partial charge on any atom is 0.161 e. The Balaban J connectivity index is 3.07. The number of hydrogen-bond donors (Lipinski definition) is 1. The van der Waals surface area contributed by atoms with Crippen LogP contribution in [-0.2, 0) is 6.42 Å². The predicted octanol–water partition coefficient (Wildman–Crippen LogP) is 1.15. The molecule has 0 aromatic carbocycles. The highest BCUT2D eigenvalue weighted by atomic mass is 14.9. The summed E-state index contributed by atoms with van der Waals surface area (Å²) in [5, 5.41) is 8.49. The Hall–Kier alpha value is -1.30. The van der Waals surface area contributed by atoms with E-state index in [-0.39, 0.29) is 0 Å². The maximum absolute atomic E-state index is 8.49. The van der Waals surface area contributed by atoms with E-state index in [4.69, 9.17) is 5.26 Å². The van der Waals surface area contributed by atoms with E-state index in [1.165, 1.54) is 0 Å². The average molecular weight is 135 g/mol. The van der Waals surface area contributed by atoms with Gasteiger partial charge in [0.05, 0.1) is 0 Å². The fourth-order valence-electron chi connectivity index (χ4n) is 0.799. The van der Waals surface area contributed by atoms with Crippen molar-refractivity contribution in [3.63, 3.8) is 0 Å². The fraction of sp³-hybridized carbons (Fsp3) is 0.429. The van der Waals surface area contributed by atoms with Gasteiger partial charge in [0.2, 0.25) is 0 Å². The Kier molecular flexibility index (Phi) is 1.72. The van der Waals surface area contributed by atoms with E-state index in [2.05, 4.69) is 9.97 Å². The van der Waals surface area contributed by atoms with Gasteiger partial charge >= 0.3 is 0 Å². The highest BCUT2D eigenvalue weighted by Gasteiger charge is 2.01. The molecule has 0 spiro atoms. The molecule has 0 aliphatic carbocycles. The van der Waals surface area contributed by atoms with Gasteiger partial charge in [-0.05, 0) is 6.92 Å². The van der Waals surface area contributed by atoms with Crippen molar-refractivity contribution < 1.29 is 0 Å². The summed E-state index contributed by atoms with van der Waals surface area (Å²) in [7, 11) is 0. The first-order valence-corrected chi connectivity index (χ1v) is 3.23. The van der Waals surface area contributed by atoms with Gasteiger partial charge in [-0.25, -0.2) is 4.98 Å². The summed E-state index contributed by atoms with van der Waals surface area (Å²) in [6.07, 6.45) is 0.850. The molecule has 1 heterocycles. The van der Waals surface area contributed by atoms with Gasteiger partial charge in [-0.3, -0.25) is 0 Å². The number of aryl methyl sites for hydroxylation is 2. The fourth-order valence-corrected chi connectivity index (χ4v) is 0.799. The molecule has 0 saturated carbocycles. The third-order valence-electron chi connectivity index (χ3n) is 1.37. The van der Waals surface area contributed by atoms with Crippen LogP contribution in [0.5, 0.6) is 0 Å². The number of aromatic nitrogens is 2. The molecule has 10 heavy (non-hydrogen) atoms. The molecule has 0 aliphatic rings. The van der Waals surface area contributed by atoms with Gasteiger partial charge in [-0.15, -0.1) is 0 Å².